The summed E-state index contributed by atoms with van der Waals surface area (Å²) in [4.78, 5) is 24.3. The molecule has 5 nitrogen and oxygen atoms in total. The standard InChI is InChI=1S/C14H18BrN3O2/c1-9-6-10-2-3-12(15)7-11(10)8-18(9)5-4-13(19)17-14(16)20/h2-3,7,9H,4-6,8H2,1H3,(H3,16,17,19,20)/t9-/m1/s1. The monoisotopic (exact) mass is 339 g/mol. The van der Waals surface area contributed by atoms with E-state index >= 15 is 0 Å². The van der Waals surface area contributed by atoms with Crippen LogP contribution in [0.2, 0.25) is 0 Å². The first kappa shape index (κ1) is 15.0. The zero-order valence-corrected chi connectivity index (χ0v) is 12.9. The van der Waals surface area contributed by atoms with Crippen LogP contribution >= 0.6 is 15.9 Å². The lowest BCUT2D eigenvalue weighted by Gasteiger charge is -2.34. The van der Waals surface area contributed by atoms with Gasteiger partial charge in [-0.2, -0.15) is 0 Å². The van der Waals surface area contributed by atoms with E-state index in [1.165, 1.54) is 11.1 Å². The Kier molecular flexibility index (Phi) is 4.77. The van der Waals surface area contributed by atoms with Crippen LogP contribution in [-0.2, 0) is 17.8 Å². The number of nitrogens with zero attached hydrogens (tertiary/aromatic N) is 1. The quantitative estimate of drug-likeness (QED) is 0.881. The fraction of sp³-hybridized carbons (Fsp3) is 0.429. The summed E-state index contributed by atoms with van der Waals surface area (Å²) < 4.78 is 1.07. The summed E-state index contributed by atoms with van der Waals surface area (Å²) in [5, 5.41) is 2.09. The number of imide groups is 1. The van der Waals surface area contributed by atoms with Gasteiger partial charge in [0, 0.05) is 30.0 Å². The fourth-order valence-corrected chi connectivity index (χ4v) is 2.92. The Balaban J connectivity index is 1.97. The lowest BCUT2D eigenvalue weighted by molar-refractivity contribution is -0.120. The molecular formula is C14H18BrN3O2. The highest BCUT2D eigenvalue weighted by Crippen LogP contribution is 2.26. The number of primary amides is 1. The molecule has 0 saturated heterocycles. The molecule has 1 aliphatic rings. The Morgan fingerprint density at radius 1 is 1.45 bits per heavy atom. The van der Waals surface area contributed by atoms with Gasteiger partial charge in [0.2, 0.25) is 5.91 Å². The Morgan fingerprint density at radius 3 is 2.90 bits per heavy atom. The number of halogens is 1. The second-order valence-corrected chi connectivity index (χ2v) is 6.01. The summed E-state index contributed by atoms with van der Waals surface area (Å²) >= 11 is 3.48. The van der Waals surface area contributed by atoms with Gasteiger partial charge in [0.15, 0.2) is 0 Å². The zero-order valence-electron chi connectivity index (χ0n) is 11.4. The van der Waals surface area contributed by atoms with Crippen LogP contribution in [0.25, 0.3) is 0 Å². The topological polar surface area (TPSA) is 75.4 Å². The van der Waals surface area contributed by atoms with Crippen LogP contribution in [0.4, 0.5) is 4.79 Å². The first-order chi connectivity index (χ1) is 9.45. The van der Waals surface area contributed by atoms with Crippen molar-refractivity contribution in [1.82, 2.24) is 10.2 Å². The highest BCUT2D eigenvalue weighted by molar-refractivity contribution is 9.10. The van der Waals surface area contributed by atoms with Gasteiger partial charge in [-0.1, -0.05) is 22.0 Å². The second kappa shape index (κ2) is 6.37. The average Bonchev–Trinajstić information content (AvgIpc) is 2.36. The van der Waals surface area contributed by atoms with E-state index in [1.54, 1.807) is 0 Å². The summed E-state index contributed by atoms with van der Waals surface area (Å²) in [5.74, 6) is -0.329. The van der Waals surface area contributed by atoms with Crippen LogP contribution in [-0.4, -0.2) is 29.4 Å². The van der Waals surface area contributed by atoms with Crippen LogP contribution in [0.5, 0.6) is 0 Å². The first-order valence-corrected chi connectivity index (χ1v) is 7.35. The second-order valence-electron chi connectivity index (χ2n) is 5.10. The van der Waals surface area contributed by atoms with Crippen LogP contribution in [0.15, 0.2) is 22.7 Å². The molecule has 1 atom stereocenters. The molecule has 0 aromatic heterocycles. The molecule has 0 spiro atoms. The molecule has 0 unspecified atom stereocenters. The van der Waals surface area contributed by atoms with Crippen molar-refractivity contribution in [1.29, 1.82) is 0 Å². The Bertz CT molecular complexity index is 533. The molecule has 3 amide bonds. The number of nitrogens with one attached hydrogen (secondary N) is 1. The van der Waals surface area contributed by atoms with E-state index in [0.29, 0.717) is 12.6 Å². The van der Waals surface area contributed by atoms with Gasteiger partial charge in [0.1, 0.15) is 0 Å². The van der Waals surface area contributed by atoms with Crippen LogP contribution in [0.1, 0.15) is 24.5 Å². The SMILES string of the molecule is C[C@@H]1Cc2ccc(Br)cc2CN1CCC(=O)NC(N)=O. The Morgan fingerprint density at radius 2 is 2.20 bits per heavy atom. The highest BCUT2D eigenvalue weighted by atomic mass is 79.9. The number of hydrogen-bond donors (Lipinski definition) is 2. The van der Waals surface area contributed by atoms with Gasteiger partial charge in [-0.15, -0.1) is 0 Å². The molecule has 0 bridgehead atoms. The molecule has 0 fully saturated rings. The molecule has 108 valence electrons. The first-order valence-electron chi connectivity index (χ1n) is 6.56. The number of rotatable bonds is 3. The van der Waals surface area contributed by atoms with E-state index in [4.69, 9.17) is 5.73 Å². The third-order valence-corrected chi connectivity index (χ3v) is 4.06. The summed E-state index contributed by atoms with van der Waals surface area (Å²) in [5.41, 5.74) is 7.56. The van der Waals surface area contributed by atoms with E-state index in [-0.39, 0.29) is 12.3 Å². The average molecular weight is 340 g/mol. The van der Waals surface area contributed by atoms with E-state index in [0.717, 1.165) is 17.4 Å². The number of fused-ring (bicyclic) bond motifs is 1. The van der Waals surface area contributed by atoms with Crippen molar-refractivity contribution >= 4 is 27.9 Å². The number of hydrogen-bond acceptors (Lipinski definition) is 3. The van der Waals surface area contributed by atoms with Crippen molar-refractivity contribution < 1.29 is 9.59 Å². The number of carbonyl (C=O) groups is 2. The number of nitrogens with two attached hydrogens (primary N) is 1. The van der Waals surface area contributed by atoms with E-state index in [2.05, 4.69) is 51.3 Å². The van der Waals surface area contributed by atoms with Gasteiger partial charge >= 0.3 is 6.03 Å². The third-order valence-electron chi connectivity index (χ3n) is 3.57. The van der Waals surface area contributed by atoms with Gasteiger partial charge in [-0.05, 0) is 36.6 Å². The predicted molar refractivity (Wildman–Crippen MR) is 80.1 cm³/mol. The zero-order chi connectivity index (χ0) is 14.7. The molecule has 0 aliphatic carbocycles. The maximum absolute atomic E-state index is 11.5. The number of urea groups is 1. The number of amides is 3. The van der Waals surface area contributed by atoms with Gasteiger partial charge in [0.05, 0.1) is 0 Å². The lowest BCUT2D eigenvalue weighted by atomic mass is 9.95. The van der Waals surface area contributed by atoms with E-state index in [1.807, 2.05) is 0 Å². The maximum atomic E-state index is 11.5. The lowest BCUT2D eigenvalue weighted by Crippen LogP contribution is -2.42. The predicted octanol–water partition coefficient (Wildman–Crippen LogP) is 1.78. The summed E-state index contributed by atoms with van der Waals surface area (Å²) in [7, 11) is 0. The maximum Gasteiger partial charge on any atom is 0.318 e. The van der Waals surface area contributed by atoms with Gasteiger partial charge in [-0.25, -0.2) is 4.79 Å². The molecule has 20 heavy (non-hydrogen) atoms. The Labute approximate surface area is 126 Å². The molecule has 2 rings (SSSR count). The number of carbonyl (C=O) groups excluding carboxylic acids is 2. The molecule has 1 aliphatic heterocycles. The van der Waals surface area contributed by atoms with Crippen molar-refractivity contribution in [2.45, 2.75) is 32.4 Å². The van der Waals surface area contributed by atoms with Gasteiger partial charge in [-0.3, -0.25) is 15.0 Å². The van der Waals surface area contributed by atoms with Crippen molar-refractivity contribution in [3.8, 4) is 0 Å². The fourth-order valence-electron chi connectivity index (χ4n) is 2.51. The molecule has 1 aromatic rings. The van der Waals surface area contributed by atoms with E-state index < -0.39 is 6.03 Å². The van der Waals surface area contributed by atoms with Crippen molar-refractivity contribution in [3.63, 3.8) is 0 Å². The van der Waals surface area contributed by atoms with Gasteiger partial charge < -0.3 is 5.73 Å². The Hall–Kier alpha value is -1.40. The van der Waals surface area contributed by atoms with Gasteiger partial charge in [0.25, 0.3) is 0 Å². The van der Waals surface area contributed by atoms with Crippen LogP contribution in [0, 0.1) is 0 Å². The molecule has 0 saturated carbocycles. The minimum absolute atomic E-state index is 0.274. The molecule has 0 radical (unpaired) electrons. The van der Waals surface area contributed by atoms with Crippen LogP contribution < -0.4 is 11.1 Å². The molecule has 3 N–H and O–H groups in total. The van der Waals surface area contributed by atoms with E-state index in [9.17, 15) is 9.59 Å². The molecule has 1 aromatic carbocycles. The van der Waals surface area contributed by atoms with Crippen LogP contribution in [0.3, 0.4) is 0 Å². The molecular weight excluding hydrogens is 322 g/mol. The van der Waals surface area contributed by atoms with Crippen molar-refractivity contribution in [3.05, 3.63) is 33.8 Å². The smallest absolute Gasteiger partial charge is 0.318 e. The summed E-state index contributed by atoms with van der Waals surface area (Å²) in [6.45, 7) is 3.59. The normalized spacial score (nSPS) is 18.4. The largest absolute Gasteiger partial charge is 0.351 e. The summed E-state index contributed by atoms with van der Waals surface area (Å²) in [6.07, 6.45) is 1.25. The van der Waals surface area contributed by atoms with Crippen molar-refractivity contribution in [2.24, 2.45) is 5.73 Å². The minimum atomic E-state index is -0.795. The minimum Gasteiger partial charge on any atom is -0.351 e. The number of benzene rings is 1. The van der Waals surface area contributed by atoms with Crippen molar-refractivity contribution in [2.75, 3.05) is 6.54 Å². The highest BCUT2D eigenvalue weighted by Gasteiger charge is 2.23. The summed E-state index contributed by atoms with van der Waals surface area (Å²) in [6, 6.07) is 5.91. The third kappa shape index (κ3) is 3.80. The molecule has 1 heterocycles. The molecule has 6 heteroatoms.